The first-order valence-electron chi connectivity index (χ1n) is 5.17. The van der Waals surface area contributed by atoms with E-state index in [4.69, 9.17) is 0 Å². The van der Waals surface area contributed by atoms with Gasteiger partial charge in [0.25, 0.3) is 0 Å². The molecule has 0 saturated carbocycles. The molecule has 7 heteroatoms. The third-order valence-corrected chi connectivity index (χ3v) is 4.71. The Kier molecular flexibility index (Phi) is 3.82. The number of halogens is 2. The molecule has 1 aliphatic heterocycles. The van der Waals surface area contributed by atoms with Gasteiger partial charge in [0.2, 0.25) is 10.0 Å². The zero-order chi connectivity index (χ0) is 12.5. The van der Waals surface area contributed by atoms with E-state index in [2.05, 4.69) is 26.0 Å². The molecule has 0 radical (unpaired) electrons. The maximum atomic E-state index is 13.0. The van der Waals surface area contributed by atoms with Crippen molar-refractivity contribution in [2.75, 3.05) is 13.1 Å². The SMILES string of the molecule is O=S(=O)(NC1CCNC1)c1ccc(F)c(Br)c1. The van der Waals surface area contributed by atoms with Gasteiger partial charge in [-0.15, -0.1) is 0 Å². The molecule has 0 aromatic heterocycles. The number of nitrogens with one attached hydrogen (secondary N) is 2. The highest BCUT2D eigenvalue weighted by atomic mass is 79.9. The standard InChI is InChI=1S/C10H12BrFN2O2S/c11-9-5-8(1-2-10(9)12)17(15,16)14-7-3-4-13-6-7/h1-2,5,7,13-14H,3-4,6H2. The van der Waals surface area contributed by atoms with Crippen LogP contribution in [0.25, 0.3) is 0 Å². The summed E-state index contributed by atoms with van der Waals surface area (Å²) in [5.41, 5.74) is 0. The van der Waals surface area contributed by atoms with Crippen molar-refractivity contribution < 1.29 is 12.8 Å². The van der Waals surface area contributed by atoms with E-state index in [0.29, 0.717) is 6.54 Å². The summed E-state index contributed by atoms with van der Waals surface area (Å²) >= 11 is 2.97. The van der Waals surface area contributed by atoms with Crippen LogP contribution in [0.3, 0.4) is 0 Å². The summed E-state index contributed by atoms with van der Waals surface area (Å²) in [5, 5.41) is 3.07. The molecule has 0 bridgehead atoms. The van der Waals surface area contributed by atoms with Gasteiger partial charge in [-0.25, -0.2) is 17.5 Å². The molecule has 1 saturated heterocycles. The summed E-state index contributed by atoms with van der Waals surface area (Å²) in [6, 6.07) is 3.56. The first kappa shape index (κ1) is 12.9. The number of hydrogen-bond donors (Lipinski definition) is 2. The molecule has 1 atom stereocenters. The molecule has 94 valence electrons. The minimum absolute atomic E-state index is 0.0673. The van der Waals surface area contributed by atoms with E-state index in [0.717, 1.165) is 19.0 Å². The van der Waals surface area contributed by atoms with E-state index in [-0.39, 0.29) is 15.4 Å². The van der Waals surface area contributed by atoms with Crippen molar-refractivity contribution in [2.24, 2.45) is 0 Å². The van der Waals surface area contributed by atoms with Gasteiger partial charge in [0.05, 0.1) is 9.37 Å². The van der Waals surface area contributed by atoms with E-state index >= 15 is 0 Å². The van der Waals surface area contributed by atoms with Crippen molar-refractivity contribution in [2.45, 2.75) is 17.4 Å². The third kappa shape index (κ3) is 3.04. The lowest BCUT2D eigenvalue weighted by atomic mass is 10.3. The molecule has 0 aliphatic carbocycles. The molecule has 1 aliphatic rings. The molecule has 0 amide bonds. The Bertz CT molecular complexity index is 515. The first-order valence-corrected chi connectivity index (χ1v) is 7.45. The number of hydrogen-bond acceptors (Lipinski definition) is 3. The number of sulfonamides is 1. The minimum atomic E-state index is -3.57. The molecular weight excluding hydrogens is 311 g/mol. The average molecular weight is 323 g/mol. The summed E-state index contributed by atoms with van der Waals surface area (Å²) in [7, 11) is -3.57. The highest BCUT2D eigenvalue weighted by Gasteiger charge is 2.23. The third-order valence-electron chi connectivity index (χ3n) is 2.58. The second kappa shape index (κ2) is 5.01. The summed E-state index contributed by atoms with van der Waals surface area (Å²) in [6.07, 6.45) is 0.765. The van der Waals surface area contributed by atoms with Gasteiger partial charge in [0.15, 0.2) is 0 Å². The Morgan fingerprint density at radius 3 is 2.82 bits per heavy atom. The predicted molar refractivity (Wildman–Crippen MR) is 65.7 cm³/mol. The van der Waals surface area contributed by atoms with Crippen LogP contribution in [-0.2, 0) is 10.0 Å². The number of rotatable bonds is 3. The Morgan fingerprint density at radius 2 is 2.24 bits per heavy atom. The molecule has 2 N–H and O–H groups in total. The maximum absolute atomic E-state index is 13.0. The van der Waals surface area contributed by atoms with Crippen LogP contribution in [0.4, 0.5) is 4.39 Å². The van der Waals surface area contributed by atoms with Crippen LogP contribution in [0, 0.1) is 5.82 Å². The van der Waals surface area contributed by atoms with Crippen molar-refractivity contribution in [3.63, 3.8) is 0 Å². The molecule has 4 nitrogen and oxygen atoms in total. The fraction of sp³-hybridized carbons (Fsp3) is 0.400. The average Bonchev–Trinajstić information content (AvgIpc) is 2.73. The smallest absolute Gasteiger partial charge is 0.240 e. The molecule has 1 aromatic rings. The molecule has 1 unspecified atom stereocenters. The van der Waals surface area contributed by atoms with E-state index in [9.17, 15) is 12.8 Å². The van der Waals surface area contributed by atoms with Gasteiger partial charge in [-0.1, -0.05) is 0 Å². The topological polar surface area (TPSA) is 58.2 Å². The monoisotopic (exact) mass is 322 g/mol. The van der Waals surface area contributed by atoms with Gasteiger partial charge in [-0.05, 0) is 47.1 Å². The summed E-state index contributed by atoms with van der Waals surface area (Å²) in [5.74, 6) is -0.480. The molecule has 2 rings (SSSR count). The Morgan fingerprint density at radius 1 is 1.47 bits per heavy atom. The Hall–Kier alpha value is -0.500. The van der Waals surface area contributed by atoms with E-state index < -0.39 is 15.8 Å². The Balaban J connectivity index is 2.21. The fourth-order valence-corrected chi connectivity index (χ4v) is 3.51. The van der Waals surface area contributed by atoms with E-state index in [1.54, 1.807) is 0 Å². The summed E-state index contributed by atoms with van der Waals surface area (Å²) in [6.45, 7) is 1.43. The molecule has 0 spiro atoms. The van der Waals surface area contributed by atoms with Crippen LogP contribution in [0.2, 0.25) is 0 Å². The van der Waals surface area contributed by atoms with Gasteiger partial charge < -0.3 is 5.32 Å². The van der Waals surface area contributed by atoms with Crippen LogP contribution in [0.15, 0.2) is 27.6 Å². The largest absolute Gasteiger partial charge is 0.315 e. The van der Waals surface area contributed by atoms with Gasteiger partial charge in [-0.2, -0.15) is 0 Å². The highest BCUT2D eigenvalue weighted by Crippen LogP contribution is 2.20. The predicted octanol–water partition coefficient (Wildman–Crippen LogP) is 1.23. The molecule has 1 heterocycles. The van der Waals surface area contributed by atoms with Crippen molar-refractivity contribution >= 4 is 26.0 Å². The molecular formula is C10H12BrFN2O2S. The van der Waals surface area contributed by atoms with Crippen molar-refractivity contribution in [3.05, 3.63) is 28.5 Å². The lowest BCUT2D eigenvalue weighted by Gasteiger charge is -2.12. The van der Waals surface area contributed by atoms with Gasteiger partial charge in [0, 0.05) is 12.6 Å². The second-order valence-electron chi connectivity index (χ2n) is 3.89. The lowest BCUT2D eigenvalue weighted by Crippen LogP contribution is -2.36. The van der Waals surface area contributed by atoms with Crippen LogP contribution in [-0.4, -0.2) is 27.5 Å². The zero-order valence-electron chi connectivity index (χ0n) is 8.91. The summed E-state index contributed by atoms with van der Waals surface area (Å²) < 4.78 is 39.7. The van der Waals surface area contributed by atoms with Crippen LogP contribution in [0.5, 0.6) is 0 Å². The highest BCUT2D eigenvalue weighted by molar-refractivity contribution is 9.10. The fourth-order valence-electron chi connectivity index (χ4n) is 1.69. The zero-order valence-corrected chi connectivity index (χ0v) is 11.3. The van der Waals surface area contributed by atoms with E-state index in [1.807, 2.05) is 0 Å². The van der Waals surface area contributed by atoms with Gasteiger partial charge in [-0.3, -0.25) is 0 Å². The number of benzene rings is 1. The lowest BCUT2D eigenvalue weighted by molar-refractivity contribution is 0.559. The maximum Gasteiger partial charge on any atom is 0.240 e. The van der Waals surface area contributed by atoms with Gasteiger partial charge >= 0.3 is 0 Å². The van der Waals surface area contributed by atoms with Crippen LogP contribution in [0.1, 0.15) is 6.42 Å². The Labute approximate surface area is 108 Å². The molecule has 1 aromatic carbocycles. The minimum Gasteiger partial charge on any atom is -0.315 e. The van der Waals surface area contributed by atoms with E-state index in [1.165, 1.54) is 12.1 Å². The van der Waals surface area contributed by atoms with Crippen molar-refractivity contribution in [1.82, 2.24) is 10.0 Å². The van der Waals surface area contributed by atoms with Crippen molar-refractivity contribution in [1.29, 1.82) is 0 Å². The normalized spacial score (nSPS) is 20.7. The van der Waals surface area contributed by atoms with Crippen LogP contribution >= 0.6 is 15.9 Å². The summed E-state index contributed by atoms with van der Waals surface area (Å²) in [4.78, 5) is 0.0673. The van der Waals surface area contributed by atoms with Crippen LogP contribution < -0.4 is 10.0 Å². The quantitative estimate of drug-likeness (QED) is 0.880. The molecule has 1 fully saturated rings. The van der Waals surface area contributed by atoms with Crippen molar-refractivity contribution in [3.8, 4) is 0 Å². The van der Waals surface area contributed by atoms with Gasteiger partial charge in [0.1, 0.15) is 5.82 Å². The second-order valence-corrected chi connectivity index (χ2v) is 6.46. The first-order chi connectivity index (χ1) is 7.99. The molecule has 17 heavy (non-hydrogen) atoms.